The van der Waals surface area contributed by atoms with Crippen LogP contribution in [-0.4, -0.2) is 39.1 Å². The average Bonchev–Trinajstić information content (AvgIpc) is 2.87. The summed E-state index contributed by atoms with van der Waals surface area (Å²) in [6.45, 7) is 0. The molecule has 0 N–H and O–H groups in total. The first kappa shape index (κ1) is 23.3. The van der Waals surface area contributed by atoms with Crippen LogP contribution in [0.5, 0.6) is 17.2 Å². The van der Waals surface area contributed by atoms with E-state index in [1.807, 2.05) is 0 Å². The molecule has 0 saturated carbocycles. The molecule has 0 aromatic heterocycles. The lowest BCUT2D eigenvalue weighted by atomic mass is 10.1. The molecule has 0 aliphatic carbocycles. The Morgan fingerprint density at radius 2 is 1.27 bits per heavy atom. The number of carbonyl (C=O) groups excluding carboxylic acids is 3. The monoisotopic (exact) mass is 446 g/mol. The maximum atomic E-state index is 12.4. The van der Waals surface area contributed by atoms with Crippen molar-refractivity contribution in [2.45, 2.75) is 0 Å². The number of methoxy groups -OCH3 is 3. The SMILES string of the molecule is COC(=O)c1ccc(C=CC(=O)c2ccc(OC(=O)c3ccc(OC)c(OC)c3)cc2)cc1. The van der Waals surface area contributed by atoms with Crippen LogP contribution in [0, 0.1) is 0 Å². The average molecular weight is 446 g/mol. The van der Waals surface area contributed by atoms with Crippen molar-refractivity contribution < 1.29 is 33.3 Å². The molecule has 0 atom stereocenters. The molecule has 0 bridgehead atoms. The van der Waals surface area contributed by atoms with Crippen LogP contribution in [0.3, 0.4) is 0 Å². The molecule has 0 spiro atoms. The molecule has 0 aliphatic rings. The number of ether oxygens (including phenoxy) is 4. The van der Waals surface area contributed by atoms with Gasteiger partial charge in [-0.05, 0) is 66.2 Å². The van der Waals surface area contributed by atoms with E-state index in [2.05, 4.69) is 4.74 Å². The van der Waals surface area contributed by atoms with E-state index in [4.69, 9.17) is 14.2 Å². The van der Waals surface area contributed by atoms with E-state index < -0.39 is 11.9 Å². The fourth-order valence-electron chi connectivity index (χ4n) is 2.93. The maximum Gasteiger partial charge on any atom is 0.343 e. The van der Waals surface area contributed by atoms with Gasteiger partial charge in [-0.2, -0.15) is 0 Å². The second kappa shape index (κ2) is 10.8. The second-order valence-corrected chi connectivity index (χ2v) is 6.79. The fourth-order valence-corrected chi connectivity index (χ4v) is 2.93. The van der Waals surface area contributed by atoms with Crippen LogP contribution >= 0.6 is 0 Å². The Labute approximate surface area is 191 Å². The maximum absolute atomic E-state index is 12.4. The minimum atomic E-state index is -0.565. The topological polar surface area (TPSA) is 88.1 Å². The largest absolute Gasteiger partial charge is 0.493 e. The van der Waals surface area contributed by atoms with E-state index in [0.717, 1.165) is 5.56 Å². The summed E-state index contributed by atoms with van der Waals surface area (Å²) >= 11 is 0. The van der Waals surface area contributed by atoms with Gasteiger partial charge in [-0.25, -0.2) is 9.59 Å². The van der Waals surface area contributed by atoms with Gasteiger partial charge in [0.05, 0.1) is 32.5 Å². The summed E-state index contributed by atoms with van der Waals surface area (Å²) in [5.41, 5.74) is 1.92. The third kappa shape index (κ3) is 5.86. The van der Waals surface area contributed by atoms with Crippen molar-refractivity contribution in [2.24, 2.45) is 0 Å². The highest BCUT2D eigenvalue weighted by Crippen LogP contribution is 2.28. The van der Waals surface area contributed by atoms with Crippen molar-refractivity contribution in [2.75, 3.05) is 21.3 Å². The predicted molar refractivity (Wildman–Crippen MR) is 122 cm³/mol. The molecule has 0 radical (unpaired) electrons. The highest BCUT2D eigenvalue weighted by atomic mass is 16.5. The lowest BCUT2D eigenvalue weighted by Gasteiger charge is -2.09. The molecule has 0 amide bonds. The van der Waals surface area contributed by atoms with E-state index >= 15 is 0 Å². The third-order valence-corrected chi connectivity index (χ3v) is 4.73. The quantitative estimate of drug-likeness (QED) is 0.216. The Morgan fingerprint density at radius 1 is 0.667 bits per heavy atom. The molecule has 33 heavy (non-hydrogen) atoms. The van der Waals surface area contributed by atoms with Crippen LogP contribution in [-0.2, 0) is 4.74 Å². The van der Waals surface area contributed by atoms with Crippen LogP contribution < -0.4 is 14.2 Å². The third-order valence-electron chi connectivity index (χ3n) is 4.73. The molecule has 3 aromatic rings. The van der Waals surface area contributed by atoms with Gasteiger partial charge in [0.2, 0.25) is 0 Å². The minimum absolute atomic E-state index is 0.218. The van der Waals surface area contributed by atoms with Crippen molar-refractivity contribution in [1.29, 1.82) is 0 Å². The van der Waals surface area contributed by atoms with E-state index in [-0.39, 0.29) is 5.78 Å². The zero-order valence-corrected chi connectivity index (χ0v) is 18.4. The molecule has 0 heterocycles. The predicted octanol–water partition coefficient (Wildman–Crippen LogP) is 4.61. The molecule has 168 valence electrons. The summed E-state index contributed by atoms with van der Waals surface area (Å²) in [5.74, 6) is 0.0152. The number of esters is 2. The molecule has 7 nitrogen and oxygen atoms in total. The first-order valence-corrected chi connectivity index (χ1v) is 9.90. The molecule has 3 rings (SSSR count). The van der Waals surface area contributed by atoms with Crippen molar-refractivity contribution >= 4 is 23.8 Å². The number of rotatable bonds is 8. The number of benzene rings is 3. The minimum Gasteiger partial charge on any atom is -0.493 e. The second-order valence-electron chi connectivity index (χ2n) is 6.79. The van der Waals surface area contributed by atoms with Crippen LogP contribution in [0.15, 0.2) is 72.8 Å². The van der Waals surface area contributed by atoms with Gasteiger partial charge in [-0.1, -0.05) is 18.2 Å². The summed E-state index contributed by atoms with van der Waals surface area (Å²) in [4.78, 5) is 36.3. The van der Waals surface area contributed by atoms with Gasteiger partial charge in [0, 0.05) is 5.56 Å². The normalized spacial score (nSPS) is 10.5. The van der Waals surface area contributed by atoms with Crippen molar-refractivity contribution in [3.05, 3.63) is 95.1 Å². The fraction of sp³-hybridized carbons (Fsp3) is 0.115. The van der Waals surface area contributed by atoms with Gasteiger partial charge >= 0.3 is 11.9 Å². The first-order valence-electron chi connectivity index (χ1n) is 9.90. The molecule has 0 saturated heterocycles. The first-order chi connectivity index (χ1) is 15.9. The summed E-state index contributed by atoms with van der Waals surface area (Å²) < 4.78 is 20.4. The number of hydrogen-bond donors (Lipinski definition) is 0. The van der Waals surface area contributed by atoms with Gasteiger partial charge in [-0.3, -0.25) is 4.79 Å². The Balaban J connectivity index is 1.63. The van der Waals surface area contributed by atoms with Gasteiger partial charge in [0.1, 0.15) is 5.75 Å². The van der Waals surface area contributed by atoms with Crippen molar-refractivity contribution in [1.82, 2.24) is 0 Å². The molecule has 3 aromatic carbocycles. The van der Waals surface area contributed by atoms with Gasteiger partial charge in [-0.15, -0.1) is 0 Å². The number of ketones is 1. The number of allylic oxidation sites excluding steroid dienone is 1. The lowest BCUT2D eigenvalue weighted by molar-refractivity contribution is 0.0600. The Morgan fingerprint density at radius 3 is 1.88 bits per heavy atom. The summed E-state index contributed by atoms with van der Waals surface area (Å²) in [5, 5.41) is 0. The van der Waals surface area contributed by atoms with E-state index in [1.165, 1.54) is 33.5 Å². The van der Waals surface area contributed by atoms with E-state index in [1.54, 1.807) is 66.7 Å². The number of carbonyl (C=O) groups is 3. The highest BCUT2D eigenvalue weighted by molar-refractivity contribution is 6.07. The summed E-state index contributed by atoms with van der Waals surface area (Å²) in [6, 6.07) is 17.6. The van der Waals surface area contributed by atoms with E-state index in [0.29, 0.717) is 33.9 Å². The molecular weight excluding hydrogens is 424 g/mol. The van der Waals surface area contributed by atoms with Crippen LogP contribution in [0.4, 0.5) is 0 Å². The van der Waals surface area contributed by atoms with Crippen LogP contribution in [0.2, 0.25) is 0 Å². The molecule has 0 unspecified atom stereocenters. The van der Waals surface area contributed by atoms with Gasteiger partial charge < -0.3 is 18.9 Å². The lowest BCUT2D eigenvalue weighted by Crippen LogP contribution is -2.09. The van der Waals surface area contributed by atoms with Crippen LogP contribution in [0.1, 0.15) is 36.6 Å². The standard InChI is InChI=1S/C26H22O7/c1-30-23-15-11-20(16-24(23)31-2)26(29)33-21-12-9-18(10-13-21)22(27)14-6-17-4-7-19(8-5-17)25(28)32-3/h4-16H,1-3H3. The Bertz CT molecular complexity index is 1180. The molecule has 0 aliphatic heterocycles. The van der Waals surface area contributed by atoms with Crippen molar-refractivity contribution in [3.63, 3.8) is 0 Å². The molecule has 7 heteroatoms. The number of hydrogen-bond acceptors (Lipinski definition) is 7. The highest BCUT2D eigenvalue weighted by Gasteiger charge is 2.13. The molecule has 0 fully saturated rings. The Kier molecular flexibility index (Phi) is 7.60. The Hall–Kier alpha value is -4.39. The van der Waals surface area contributed by atoms with E-state index in [9.17, 15) is 14.4 Å². The van der Waals surface area contributed by atoms with Crippen molar-refractivity contribution in [3.8, 4) is 17.2 Å². The van der Waals surface area contributed by atoms with Crippen LogP contribution in [0.25, 0.3) is 6.08 Å². The summed E-state index contributed by atoms with van der Waals surface area (Å²) in [6.07, 6.45) is 3.08. The smallest absolute Gasteiger partial charge is 0.343 e. The molecular formula is C26H22O7. The van der Waals surface area contributed by atoms with Gasteiger partial charge in [0.15, 0.2) is 17.3 Å². The zero-order chi connectivity index (χ0) is 23.8. The zero-order valence-electron chi connectivity index (χ0n) is 18.4. The summed E-state index contributed by atoms with van der Waals surface area (Å²) in [7, 11) is 4.31. The van der Waals surface area contributed by atoms with Gasteiger partial charge in [0.25, 0.3) is 0 Å².